The summed E-state index contributed by atoms with van der Waals surface area (Å²) in [4.78, 5) is 10.2. The van der Waals surface area contributed by atoms with E-state index in [2.05, 4.69) is 15.0 Å². The third-order valence-electron chi connectivity index (χ3n) is 2.31. The molecule has 0 saturated carbocycles. The molecule has 0 amide bonds. The van der Waals surface area contributed by atoms with Crippen molar-refractivity contribution in [1.29, 1.82) is 0 Å². The molecule has 0 radical (unpaired) electrons. The third kappa shape index (κ3) is 2.86. The first kappa shape index (κ1) is 14.2. The molecule has 0 spiro atoms. The predicted molar refractivity (Wildman–Crippen MR) is 55.3 cm³/mol. The van der Waals surface area contributed by atoms with Crippen LogP contribution in [0.5, 0.6) is 0 Å². The maximum atomic E-state index is 12.9. The van der Waals surface area contributed by atoms with Gasteiger partial charge in [0.1, 0.15) is 5.69 Å². The fourth-order valence-electron chi connectivity index (χ4n) is 1.46. The lowest BCUT2D eigenvalue weighted by atomic mass is 10.1. The van der Waals surface area contributed by atoms with Crippen LogP contribution >= 0.6 is 0 Å². The molecule has 0 aromatic carbocycles. The minimum Gasteiger partial charge on any atom is -0.251 e. The van der Waals surface area contributed by atoms with Crippen LogP contribution < -0.4 is 0 Å². The maximum absolute atomic E-state index is 12.9. The Balaban J connectivity index is 2.65. The fourth-order valence-corrected chi connectivity index (χ4v) is 1.46. The monoisotopic (exact) mass is 293 g/mol. The van der Waals surface area contributed by atoms with Gasteiger partial charge in [0.15, 0.2) is 5.82 Å². The van der Waals surface area contributed by atoms with Gasteiger partial charge in [-0.1, -0.05) is 0 Å². The highest BCUT2D eigenvalue weighted by molar-refractivity contribution is 5.60. The Morgan fingerprint density at radius 1 is 0.800 bits per heavy atom. The molecule has 0 atom stereocenters. The molecule has 9 heteroatoms. The van der Waals surface area contributed by atoms with Crippen LogP contribution in [-0.2, 0) is 12.4 Å². The van der Waals surface area contributed by atoms with E-state index in [9.17, 15) is 26.3 Å². The summed E-state index contributed by atoms with van der Waals surface area (Å²) in [5, 5.41) is 0. The van der Waals surface area contributed by atoms with E-state index in [1.165, 1.54) is 18.5 Å². The molecule has 106 valence electrons. The van der Waals surface area contributed by atoms with Crippen molar-refractivity contribution in [1.82, 2.24) is 15.0 Å². The molecule has 0 saturated heterocycles. The van der Waals surface area contributed by atoms with Crippen molar-refractivity contribution in [3.05, 3.63) is 42.0 Å². The number of hydrogen-bond acceptors (Lipinski definition) is 3. The van der Waals surface area contributed by atoms with E-state index < -0.39 is 29.2 Å². The second kappa shape index (κ2) is 4.73. The number of alkyl halides is 6. The van der Waals surface area contributed by atoms with Crippen molar-refractivity contribution in [2.45, 2.75) is 12.4 Å². The van der Waals surface area contributed by atoms with Crippen LogP contribution in [0.15, 0.2) is 30.7 Å². The number of rotatable bonds is 1. The summed E-state index contributed by atoms with van der Waals surface area (Å²) >= 11 is 0. The molecule has 0 aliphatic heterocycles. The van der Waals surface area contributed by atoms with E-state index in [1.807, 2.05) is 0 Å². The number of hydrogen-bond donors (Lipinski definition) is 0. The quantitative estimate of drug-likeness (QED) is 0.754. The Morgan fingerprint density at radius 2 is 1.40 bits per heavy atom. The molecule has 0 N–H and O–H groups in total. The van der Waals surface area contributed by atoms with Crippen molar-refractivity contribution in [3.63, 3.8) is 0 Å². The molecule has 2 aromatic rings. The van der Waals surface area contributed by atoms with Crippen LogP contribution in [-0.4, -0.2) is 15.0 Å². The standard InChI is InChI=1S/C11H5F6N3/c12-10(13,14)7-4-8(11(15,16)17)20-5-6(7)9-18-2-1-3-19-9/h1-5H. The van der Waals surface area contributed by atoms with Gasteiger partial charge in [0.05, 0.1) is 5.56 Å². The zero-order valence-electron chi connectivity index (χ0n) is 9.50. The van der Waals surface area contributed by atoms with E-state index in [1.54, 1.807) is 0 Å². The summed E-state index contributed by atoms with van der Waals surface area (Å²) in [5.41, 5.74) is -3.71. The van der Waals surface area contributed by atoms with E-state index >= 15 is 0 Å². The van der Waals surface area contributed by atoms with E-state index in [-0.39, 0.29) is 11.9 Å². The zero-order valence-corrected chi connectivity index (χ0v) is 9.50. The van der Waals surface area contributed by atoms with Crippen LogP contribution in [0, 0.1) is 0 Å². The lowest BCUT2D eigenvalue weighted by molar-refractivity contribution is -0.145. The summed E-state index contributed by atoms with van der Waals surface area (Å²) in [5.74, 6) is -0.346. The van der Waals surface area contributed by atoms with Gasteiger partial charge in [-0.2, -0.15) is 26.3 Å². The lowest BCUT2D eigenvalue weighted by Gasteiger charge is -2.14. The van der Waals surface area contributed by atoms with Gasteiger partial charge in [-0.05, 0) is 12.1 Å². The van der Waals surface area contributed by atoms with Crippen molar-refractivity contribution >= 4 is 0 Å². The topological polar surface area (TPSA) is 38.7 Å². The number of halogens is 6. The number of aromatic nitrogens is 3. The molecule has 0 aliphatic rings. The van der Waals surface area contributed by atoms with Crippen LogP contribution in [0.25, 0.3) is 11.4 Å². The third-order valence-corrected chi connectivity index (χ3v) is 2.31. The molecule has 2 rings (SSSR count). The largest absolute Gasteiger partial charge is 0.433 e. The Kier molecular flexibility index (Phi) is 3.36. The molecule has 20 heavy (non-hydrogen) atoms. The lowest BCUT2D eigenvalue weighted by Crippen LogP contribution is -2.14. The first-order valence-electron chi connectivity index (χ1n) is 5.11. The highest BCUT2D eigenvalue weighted by atomic mass is 19.4. The molecule has 0 fully saturated rings. The summed E-state index contributed by atoms with van der Waals surface area (Å²) < 4.78 is 75.8. The molecule has 0 unspecified atom stereocenters. The number of nitrogens with zero attached hydrogens (tertiary/aromatic N) is 3. The van der Waals surface area contributed by atoms with Gasteiger partial charge in [-0.25, -0.2) is 9.97 Å². The van der Waals surface area contributed by atoms with Gasteiger partial charge >= 0.3 is 12.4 Å². The summed E-state index contributed by atoms with van der Waals surface area (Å²) in [6, 6.07) is 1.32. The van der Waals surface area contributed by atoms with Crippen molar-refractivity contribution in [2.75, 3.05) is 0 Å². The average Bonchev–Trinajstić information content (AvgIpc) is 2.37. The molecular formula is C11H5F6N3. The van der Waals surface area contributed by atoms with Gasteiger partial charge < -0.3 is 0 Å². The van der Waals surface area contributed by atoms with Gasteiger partial charge in [-0.15, -0.1) is 0 Å². The Morgan fingerprint density at radius 3 is 1.90 bits per heavy atom. The van der Waals surface area contributed by atoms with Crippen molar-refractivity contribution in [2.24, 2.45) is 0 Å². The fraction of sp³-hybridized carbons (Fsp3) is 0.182. The summed E-state index contributed by atoms with van der Waals surface area (Å²) in [6.45, 7) is 0. The Hall–Kier alpha value is -2.19. The SMILES string of the molecule is FC(F)(F)c1cc(C(F)(F)F)c(-c2ncccn2)cn1. The highest BCUT2D eigenvalue weighted by Gasteiger charge is 2.39. The normalized spacial score (nSPS) is 12.5. The maximum Gasteiger partial charge on any atom is 0.433 e. The molecule has 0 bridgehead atoms. The van der Waals surface area contributed by atoms with Crippen LogP contribution in [0.4, 0.5) is 26.3 Å². The molecular weight excluding hydrogens is 288 g/mol. The zero-order chi connectivity index (χ0) is 15.0. The van der Waals surface area contributed by atoms with Crippen LogP contribution in [0.1, 0.15) is 11.3 Å². The van der Waals surface area contributed by atoms with Crippen molar-refractivity contribution < 1.29 is 26.3 Å². The van der Waals surface area contributed by atoms with Crippen LogP contribution in [0.3, 0.4) is 0 Å². The van der Waals surface area contributed by atoms with Gasteiger partial charge in [0.25, 0.3) is 0 Å². The first-order chi connectivity index (χ1) is 9.19. The van der Waals surface area contributed by atoms with Gasteiger partial charge in [-0.3, -0.25) is 4.98 Å². The minimum absolute atomic E-state index is 0.0499. The number of pyridine rings is 1. The second-order valence-corrected chi connectivity index (χ2v) is 3.68. The minimum atomic E-state index is -4.97. The smallest absolute Gasteiger partial charge is 0.251 e. The molecule has 2 aromatic heterocycles. The Labute approximate surface area is 108 Å². The molecule has 0 aliphatic carbocycles. The highest BCUT2D eigenvalue weighted by Crippen LogP contribution is 2.38. The van der Waals surface area contributed by atoms with Gasteiger partial charge in [0, 0.05) is 24.2 Å². The molecule has 2 heterocycles. The predicted octanol–water partition coefficient (Wildman–Crippen LogP) is 3.58. The second-order valence-electron chi connectivity index (χ2n) is 3.68. The van der Waals surface area contributed by atoms with Gasteiger partial charge in [0.2, 0.25) is 0 Å². The first-order valence-corrected chi connectivity index (χ1v) is 5.11. The summed E-state index contributed by atoms with van der Waals surface area (Å²) in [7, 11) is 0. The molecule has 3 nitrogen and oxygen atoms in total. The Bertz CT molecular complexity index is 606. The van der Waals surface area contributed by atoms with Crippen molar-refractivity contribution in [3.8, 4) is 11.4 Å². The summed E-state index contributed by atoms with van der Waals surface area (Å²) in [6.07, 6.45) is -7.10. The van der Waals surface area contributed by atoms with E-state index in [0.717, 1.165) is 0 Å². The van der Waals surface area contributed by atoms with E-state index in [0.29, 0.717) is 6.20 Å². The average molecular weight is 293 g/mol. The van der Waals surface area contributed by atoms with Crippen LogP contribution in [0.2, 0.25) is 0 Å². The van der Waals surface area contributed by atoms with E-state index in [4.69, 9.17) is 0 Å².